The zero-order valence-electron chi connectivity index (χ0n) is 8.68. The van der Waals surface area contributed by atoms with Crippen molar-refractivity contribution < 1.29 is 14.4 Å². The Balaban J connectivity index is 2.07. The molecule has 0 aliphatic carbocycles. The van der Waals surface area contributed by atoms with Gasteiger partial charge < -0.3 is 14.9 Å². The zero-order chi connectivity index (χ0) is 12.3. The highest BCUT2D eigenvalue weighted by Crippen LogP contribution is 2.20. The molecule has 0 saturated carbocycles. The number of hydrogen-bond acceptors (Lipinski definition) is 4. The molecule has 2 rings (SSSR count). The maximum Gasteiger partial charge on any atom is 0.253 e. The van der Waals surface area contributed by atoms with Crippen LogP contribution in [0.5, 0.6) is 5.75 Å². The molecule has 0 spiro atoms. The van der Waals surface area contributed by atoms with Crippen LogP contribution in [0.3, 0.4) is 0 Å². The van der Waals surface area contributed by atoms with Crippen molar-refractivity contribution in [3.63, 3.8) is 0 Å². The molecular weight excluding hydrogens is 244 g/mol. The van der Waals surface area contributed by atoms with Gasteiger partial charge in [-0.1, -0.05) is 16.8 Å². The van der Waals surface area contributed by atoms with Crippen molar-refractivity contribution >= 4 is 17.5 Å². The van der Waals surface area contributed by atoms with Crippen molar-refractivity contribution in [3.05, 3.63) is 46.8 Å². The molecule has 5 nitrogen and oxygen atoms in total. The minimum atomic E-state index is -0.381. The summed E-state index contributed by atoms with van der Waals surface area (Å²) in [6.45, 7) is 0.237. The van der Waals surface area contributed by atoms with E-state index < -0.39 is 0 Å². The quantitative estimate of drug-likeness (QED) is 0.876. The number of amides is 1. The molecule has 2 N–H and O–H groups in total. The summed E-state index contributed by atoms with van der Waals surface area (Å²) < 4.78 is 4.63. The van der Waals surface area contributed by atoms with Gasteiger partial charge in [-0.05, 0) is 18.2 Å². The smallest absolute Gasteiger partial charge is 0.253 e. The Bertz CT molecular complexity index is 526. The summed E-state index contributed by atoms with van der Waals surface area (Å²) in [5, 5.41) is 15.8. The molecule has 17 heavy (non-hydrogen) atoms. The lowest BCUT2D eigenvalue weighted by Gasteiger charge is -2.05. The second-order valence-electron chi connectivity index (χ2n) is 3.34. The van der Waals surface area contributed by atoms with E-state index in [4.69, 9.17) is 11.6 Å². The van der Waals surface area contributed by atoms with E-state index in [1.165, 1.54) is 24.5 Å². The molecule has 1 amide bonds. The van der Waals surface area contributed by atoms with E-state index in [1.807, 2.05) is 0 Å². The van der Waals surface area contributed by atoms with Gasteiger partial charge in [0.1, 0.15) is 17.7 Å². The molecule has 88 valence electrons. The minimum absolute atomic E-state index is 0.0130. The number of nitrogens with one attached hydrogen (secondary N) is 1. The van der Waals surface area contributed by atoms with Gasteiger partial charge >= 0.3 is 0 Å². The standard InChI is InChI=1S/C11H9ClN2O3/c12-10-2-1-8(15)5-9(10)11(16)13-6-7-3-4-17-14-7/h1-5,15H,6H2,(H,13,16). The van der Waals surface area contributed by atoms with Gasteiger partial charge in [0.05, 0.1) is 17.1 Å². The van der Waals surface area contributed by atoms with E-state index in [9.17, 15) is 9.90 Å². The van der Waals surface area contributed by atoms with Crippen LogP contribution >= 0.6 is 11.6 Å². The molecule has 0 fully saturated rings. The first kappa shape index (κ1) is 11.5. The molecule has 1 heterocycles. The van der Waals surface area contributed by atoms with E-state index in [0.29, 0.717) is 5.69 Å². The third kappa shape index (κ3) is 2.76. The molecule has 1 aromatic heterocycles. The average molecular weight is 253 g/mol. The van der Waals surface area contributed by atoms with Gasteiger partial charge in [-0.2, -0.15) is 0 Å². The van der Waals surface area contributed by atoms with Crippen molar-refractivity contribution in [1.82, 2.24) is 10.5 Å². The van der Waals surface area contributed by atoms with Gasteiger partial charge in [0.15, 0.2) is 0 Å². The Labute approximate surface area is 102 Å². The Hall–Kier alpha value is -2.01. The van der Waals surface area contributed by atoms with E-state index >= 15 is 0 Å². The molecule has 0 aliphatic rings. The summed E-state index contributed by atoms with van der Waals surface area (Å²) in [4.78, 5) is 11.7. The molecule has 2 aromatic rings. The number of benzene rings is 1. The van der Waals surface area contributed by atoms with E-state index in [1.54, 1.807) is 6.07 Å². The number of phenols is 1. The molecular formula is C11H9ClN2O3. The number of halogens is 1. The fraction of sp³-hybridized carbons (Fsp3) is 0.0909. The van der Waals surface area contributed by atoms with Gasteiger partial charge in [-0.3, -0.25) is 4.79 Å². The third-order valence-corrected chi connectivity index (χ3v) is 2.45. The van der Waals surface area contributed by atoms with E-state index in [0.717, 1.165) is 0 Å². The second-order valence-corrected chi connectivity index (χ2v) is 3.74. The largest absolute Gasteiger partial charge is 0.508 e. The predicted molar refractivity (Wildman–Crippen MR) is 60.8 cm³/mol. The fourth-order valence-corrected chi connectivity index (χ4v) is 1.49. The predicted octanol–water partition coefficient (Wildman–Crippen LogP) is 1.96. The van der Waals surface area contributed by atoms with Crippen molar-refractivity contribution in [1.29, 1.82) is 0 Å². The lowest BCUT2D eigenvalue weighted by Crippen LogP contribution is -2.23. The number of rotatable bonds is 3. The van der Waals surface area contributed by atoms with Crippen LogP contribution in [0.15, 0.2) is 35.1 Å². The highest BCUT2D eigenvalue weighted by Gasteiger charge is 2.11. The number of aromatic hydroxyl groups is 1. The minimum Gasteiger partial charge on any atom is -0.508 e. The maximum atomic E-state index is 11.7. The number of hydrogen-bond donors (Lipinski definition) is 2. The second kappa shape index (κ2) is 4.88. The van der Waals surface area contributed by atoms with E-state index in [-0.39, 0.29) is 28.8 Å². The lowest BCUT2D eigenvalue weighted by molar-refractivity contribution is 0.0950. The summed E-state index contributed by atoms with van der Waals surface area (Å²) in [7, 11) is 0. The first-order valence-corrected chi connectivity index (χ1v) is 5.20. The van der Waals surface area contributed by atoms with Gasteiger partial charge in [0, 0.05) is 6.07 Å². The van der Waals surface area contributed by atoms with E-state index in [2.05, 4.69) is 15.0 Å². The molecule has 0 radical (unpaired) electrons. The van der Waals surface area contributed by atoms with Crippen LogP contribution in [0.1, 0.15) is 16.1 Å². The molecule has 0 bridgehead atoms. The van der Waals surface area contributed by atoms with Crippen LogP contribution in [-0.2, 0) is 6.54 Å². The number of aromatic nitrogens is 1. The first-order chi connectivity index (χ1) is 8.16. The number of carbonyl (C=O) groups excluding carboxylic acids is 1. The summed E-state index contributed by atoms with van der Waals surface area (Å²) in [5.74, 6) is -0.394. The highest BCUT2D eigenvalue weighted by molar-refractivity contribution is 6.33. The highest BCUT2D eigenvalue weighted by atomic mass is 35.5. The van der Waals surface area contributed by atoms with Crippen LogP contribution in [0.2, 0.25) is 5.02 Å². The Morgan fingerprint density at radius 2 is 2.29 bits per heavy atom. The molecule has 0 atom stereocenters. The van der Waals surface area contributed by atoms with Gasteiger partial charge in [0.2, 0.25) is 0 Å². The molecule has 6 heteroatoms. The van der Waals surface area contributed by atoms with Crippen LogP contribution in [-0.4, -0.2) is 16.2 Å². The van der Waals surface area contributed by atoms with Crippen molar-refractivity contribution in [3.8, 4) is 5.75 Å². The maximum absolute atomic E-state index is 11.7. The van der Waals surface area contributed by atoms with Crippen LogP contribution in [0.25, 0.3) is 0 Å². The Morgan fingerprint density at radius 1 is 1.47 bits per heavy atom. The van der Waals surface area contributed by atoms with Crippen molar-refractivity contribution in [2.75, 3.05) is 0 Å². The number of carbonyl (C=O) groups is 1. The summed E-state index contributed by atoms with van der Waals surface area (Å²) in [6, 6.07) is 5.82. The fourth-order valence-electron chi connectivity index (χ4n) is 1.28. The van der Waals surface area contributed by atoms with Crippen molar-refractivity contribution in [2.45, 2.75) is 6.54 Å². The van der Waals surface area contributed by atoms with Crippen LogP contribution in [0.4, 0.5) is 0 Å². The SMILES string of the molecule is O=C(NCc1ccon1)c1cc(O)ccc1Cl. The normalized spacial score (nSPS) is 10.2. The number of nitrogens with zero attached hydrogens (tertiary/aromatic N) is 1. The molecule has 1 aromatic carbocycles. The Morgan fingerprint density at radius 3 is 3.00 bits per heavy atom. The molecule has 0 saturated heterocycles. The summed E-state index contributed by atoms with van der Waals surface area (Å²) >= 11 is 5.85. The third-order valence-electron chi connectivity index (χ3n) is 2.12. The van der Waals surface area contributed by atoms with Gasteiger partial charge in [-0.25, -0.2) is 0 Å². The number of phenolic OH excluding ortho intramolecular Hbond substituents is 1. The molecule has 0 unspecified atom stereocenters. The average Bonchev–Trinajstić information content (AvgIpc) is 2.82. The topological polar surface area (TPSA) is 75.4 Å². The van der Waals surface area contributed by atoms with Crippen molar-refractivity contribution in [2.24, 2.45) is 0 Å². The Kier molecular flexibility index (Phi) is 3.30. The van der Waals surface area contributed by atoms with Gasteiger partial charge in [0.25, 0.3) is 5.91 Å². The van der Waals surface area contributed by atoms with Crippen LogP contribution < -0.4 is 5.32 Å². The lowest BCUT2D eigenvalue weighted by atomic mass is 10.2. The zero-order valence-corrected chi connectivity index (χ0v) is 9.44. The van der Waals surface area contributed by atoms with Crippen LogP contribution in [0, 0.1) is 0 Å². The summed E-state index contributed by atoms with van der Waals surface area (Å²) in [6.07, 6.45) is 1.42. The molecule has 0 aliphatic heterocycles. The first-order valence-electron chi connectivity index (χ1n) is 4.83. The summed E-state index contributed by atoms with van der Waals surface area (Å²) in [5.41, 5.74) is 0.824. The van der Waals surface area contributed by atoms with Gasteiger partial charge in [-0.15, -0.1) is 0 Å². The monoisotopic (exact) mass is 252 g/mol.